The number of aromatic nitrogens is 3. The van der Waals surface area contributed by atoms with Crippen molar-refractivity contribution in [2.45, 2.75) is 19.5 Å². The summed E-state index contributed by atoms with van der Waals surface area (Å²) in [5.74, 6) is -2.00. The largest absolute Gasteiger partial charge is 0.486 e. The summed E-state index contributed by atoms with van der Waals surface area (Å²) in [6, 6.07) is 11.4. The summed E-state index contributed by atoms with van der Waals surface area (Å²) in [5, 5.41) is 11.3. The zero-order valence-electron chi connectivity index (χ0n) is 23.2. The number of alkyl halides is 2. The Kier molecular flexibility index (Phi) is 8.60. The molecule has 5 rings (SSSR count). The van der Waals surface area contributed by atoms with E-state index in [9.17, 15) is 37.3 Å². The Hall–Kier alpha value is -4.89. The molecule has 0 N–H and O–H groups in total. The highest BCUT2D eigenvalue weighted by Gasteiger charge is 2.26. The highest BCUT2D eigenvalue weighted by atomic mass is 32.1. The lowest BCUT2D eigenvalue weighted by atomic mass is 10.1. The van der Waals surface area contributed by atoms with E-state index in [-0.39, 0.29) is 34.0 Å². The number of thiophene rings is 1. The van der Waals surface area contributed by atoms with Crippen molar-refractivity contribution in [3.63, 3.8) is 0 Å². The number of hydrogen-bond acceptors (Lipinski definition) is 8. The third kappa shape index (κ3) is 5.96. The van der Waals surface area contributed by atoms with Crippen LogP contribution in [-0.4, -0.2) is 51.1 Å². The molecular weight excluding hydrogens is 606 g/mol. The van der Waals surface area contributed by atoms with Gasteiger partial charge in [0.15, 0.2) is 0 Å². The van der Waals surface area contributed by atoms with Crippen LogP contribution in [-0.2, 0) is 13.1 Å². The van der Waals surface area contributed by atoms with Crippen LogP contribution in [0.2, 0.25) is 0 Å². The number of rotatable bonds is 10. The molecule has 15 heteroatoms. The van der Waals surface area contributed by atoms with Gasteiger partial charge in [0, 0.05) is 29.1 Å². The summed E-state index contributed by atoms with van der Waals surface area (Å²) in [7, 11) is 3.51. The van der Waals surface area contributed by atoms with E-state index < -0.39 is 52.9 Å². The molecule has 0 aliphatic heterocycles. The zero-order chi connectivity index (χ0) is 31.7. The number of fused-ring (bicyclic) bond motifs is 1. The van der Waals surface area contributed by atoms with E-state index in [1.807, 2.05) is 0 Å². The molecule has 0 aliphatic carbocycles. The number of benzene rings is 2. The van der Waals surface area contributed by atoms with Crippen LogP contribution in [0.5, 0.6) is 5.75 Å². The van der Waals surface area contributed by atoms with Crippen molar-refractivity contribution in [2.75, 3.05) is 20.7 Å². The molecule has 5 aromatic rings. The Morgan fingerprint density at radius 1 is 1.02 bits per heavy atom. The zero-order valence-corrected chi connectivity index (χ0v) is 24.0. The second kappa shape index (κ2) is 12.4. The number of ether oxygens (including phenoxy) is 1. The van der Waals surface area contributed by atoms with Gasteiger partial charge >= 0.3 is 5.69 Å². The fourth-order valence-electron chi connectivity index (χ4n) is 4.64. The molecule has 0 radical (unpaired) electrons. The summed E-state index contributed by atoms with van der Waals surface area (Å²) in [4.78, 5) is 45.3. The van der Waals surface area contributed by atoms with E-state index in [2.05, 4.69) is 4.98 Å². The molecule has 2 aromatic carbocycles. The predicted octanol–water partition coefficient (Wildman–Crippen LogP) is 5.22. The van der Waals surface area contributed by atoms with E-state index in [4.69, 9.17) is 4.74 Å². The topological polar surface area (TPSA) is 112 Å². The second-order valence-corrected chi connectivity index (χ2v) is 10.9. The minimum absolute atomic E-state index is 0.0267. The minimum atomic E-state index is -2.73. The lowest BCUT2D eigenvalue weighted by Gasteiger charge is -2.14. The Morgan fingerprint density at radius 2 is 1.70 bits per heavy atom. The molecule has 10 nitrogen and oxygen atoms in total. The van der Waals surface area contributed by atoms with Crippen LogP contribution in [0.25, 0.3) is 26.5 Å². The summed E-state index contributed by atoms with van der Waals surface area (Å²) in [6.45, 7) is -1.27. The van der Waals surface area contributed by atoms with Gasteiger partial charge < -0.3 is 9.64 Å². The highest BCUT2D eigenvalue weighted by molar-refractivity contribution is 7.22. The number of nitro groups is 1. The maximum Gasteiger partial charge on any atom is 0.338 e. The quantitative estimate of drug-likeness (QED) is 0.118. The molecule has 0 fully saturated rings. The third-order valence-electron chi connectivity index (χ3n) is 6.59. The number of pyridine rings is 1. The Morgan fingerprint density at radius 3 is 2.27 bits per heavy atom. The van der Waals surface area contributed by atoms with Crippen molar-refractivity contribution < 1.29 is 27.2 Å². The van der Waals surface area contributed by atoms with Crippen LogP contribution in [0.4, 0.5) is 23.2 Å². The molecule has 0 spiro atoms. The van der Waals surface area contributed by atoms with Crippen molar-refractivity contribution in [2.24, 2.45) is 0 Å². The molecule has 0 atom stereocenters. The summed E-state index contributed by atoms with van der Waals surface area (Å²) in [6.07, 6.45) is -1.66. The standard InChI is InChI=1S/C29H23F4N5O5S/c1-35(2)13-20-25-27(39)37(24-11-10-18(12-34-24)43-15-23(32)33)29(40)36(14-19-21(30)4-3-5-22(19)31)28(25)44-26(20)16-6-8-17(9-7-16)38(41)42/h3-12,23H,13-15H2,1-2H3. The molecule has 3 aromatic heterocycles. The molecular formula is C29H23F4N5O5S. The van der Waals surface area contributed by atoms with Gasteiger partial charge in [-0.15, -0.1) is 11.3 Å². The fraction of sp³-hybridized carbons (Fsp3) is 0.207. The molecule has 0 bridgehead atoms. The van der Waals surface area contributed by atoms with Gasteiger partial charge in [-0.05, 0) is 61.6 Å². The minimum Gasteiger partial charge on any atom is -0.486 e. The molecule has 0 saturated heterocycles. The first-order valence-electron chi connectivity index (χ1n) is 13.0. The average molecular weight is 630 g/mol. The lowest BCUT2D eigenvalue weighted by Crippen LogP contribution is -2.39. The van der Waals surface area contributed by atoms with E-state index in [0.717, 1.165) is 38.8 Å². The van der Waals surface area contributed by atoms with Crippen LogP contribution in [0.15, 0.2) is 70.4 Å². The molecule has 44 heavy (non-hydrogen) atoms. The van der Waals surface area contributed by atoms with Crippen molar-refractivity contribution in [1.29, 1.82) is 0 Å². The van der Waals surface area contributed by atoms with Gasteiger partial charge in [0.25, 0.3) is 17.7 Å². The maximum absolute atomic E-state index is 14.8. The smallest absolute Gasteiger partial charge is 0.338 e. The number of halogens is 4. The first kappa shape index (κ1) is 30.6. The van der Waals surface area contributed by atoms with Gasteiger partial charge in [0.05, 0.1) is 23.1 Å². The van der Waals surface area contributed by atoms with Gasteiger partial charge in [0.1, 0.15) is 34.6 Å². The number of nitro benzene ring substituents is 1. The monoisotopic (exact) mass is 629 g/mol. The van der Waals surface area contributed by atoms with Gasteiger partial charge in [0.2, 0.25) is 0 Å². The summed E-state index contributed by atoms with van der Waals surface area (Å²) >= 11 is 1.03. The Labute approximate surface area is 250 Å². The van der Waals surface area contributed by atoms with Gasteiger partial charge in [-0.3, -0.25) is 19.5 Å². The molecule has 228 valence electrons. The highest BCUT2D eigenvalue weighted by Crippen LogP contribution is 2.38. The van der Waals surface area contributed by atoms with Gasteiger partial charge in [-0.1, -0.05) is 6.07 Å². The number of non-ortho nitro benzene ring substituents is 1. The molecule has 0 aliphatic rings. The summed E-state index contributed by atoms with van der Waals surface area (Å²) in [5.41, 5.74) is -1.29. The normalized spacial score (nSPS) is 11.5. The SMILES string of the molecule is CN(C)Cc1c(-c2ccc([N+](=O)[O-])cc2)sc2c1c(=O)n(-c1ccc(OCC(F)F)cn1)c(=O)n2Cc1c(F)cccc1F. The molecule has 3 heterocycles. The van der Waals surface area contributed by atoms with Crippen LogP contribution in [0.1, 0.15) is 11.1 Å². The molecule has 0 amide bonds. The predicted molar refractivity (Wildman–Crippen MR) is 156 cm³/mol. The van der Waals surface area contributed by atoms with Crippen LogP contribution in [0.3, 0.4) is 0 Å². The van der Waals surface area contributed by atoms with Crippen molar-refractivity contribution in [3.05, 3.63) is 115 Å². The number of nitrogens with zero attached hydrogens (tertiary/aromatic N) is 5. The van der Waals surface area contributed by atoms with E-state index in [1.165, 1.54) is 42.5 Å². The van der Waals surface area contributed by atoms with E-state index in [0.29, 0.717) is 16.0 Å². The second-order valence-electron chi connectivity index (χ2n) is 9.90. The van der Waals surface area contributed by atoms with Crippen LogP contribution in [0, 0.1) is 21.7 Å². The van der Waals surface area contributed by atoms with E-state index in [1.54, 1.807) is 19.0 Å². The molecule has 0 unspecified atom stereocenters. The maximum atomic E-state index is 14.8. The fourth-order valence-corrected chi connectivity index (χ4v) is 5.94. The van der Waals surface area contributed by atoms with Crippen molar-refractivity contribution in [3.8, 4) is 22.0 Å². The number of hydrogen-bond donors (Lipinski definition) is 0. The van der Waals surface area contributed by atoms with Gasteiger partial charge in [-0.2, -0.15) is 0 Å². The first-order chi connectivity index (χ1) is 21.0. The Bertz CT molecular complexity index is 1950. The third-order valence-corrected chi connectivity index (χ3v) is 7.90. The van der Waals surface area contributed by atoms with Crippen LogP contribution >= 0.6 is 11.3 Å². The van der Waals surface area contributed by atoms with Crippen molar-refractivity contribution >= 4 is 27.2 Å². The van der Waals surface area contributed by atoms with Crippen LogP contribution < -0.4 is 16.0 Å². The van der Waals surface area contributed by atoms with Gasteiger partial charge in [-0.25, -0.2) is 31.9 Å². The Balaban J connectivity index is 1.81. The molecule has 0 saturated carbocycles. The van der Waals surface area contributed by atoms with Crippen molar-refractivity contribution in [1.82, 2.24) is 19.0 Å². The first-order valence-corrected chi connectivity index (χ1v) is 13.8. The average Bonchev–Trinajstić information content (AvgIpc) is 3.34. The van der Waals surface area contributed by atoms with E-state index >= 15 is 0 Å². The summed E-state index contributed by atoms with van der Waals surface area (Å²) < 4.78 is 61.5. The lowest BCUT2D eigenvalue weighted by molar-refractivity contribution is -0.384.